The molecular weight excluding hydrogens is 811 g/mol. The van der Waals surface area contributed by atoms with E-state index in [1.165, 1.54) is 0 Å². The van der Waals surface area contributed by atoms with Crippen LogP contribution in [0.1, 0.15) is 62.9 Å². The van der Waals surface area contributed by atoms with Crippen LogP contribution in [-0.2, 0) is 43.2 Å². The van der Waals surface area contributed by atoms with E-state index in [0.717, 1.165) is 62.3 Å². The second-order valence-corrected chi connectivity index (χ2v) is 20.9. The minimum absolute atomic E-state index is 0.0347. The first-order valence-corrected chi connectivity index (χ1v) is 24.0. The number of cyclic esters (lactones) is 1. The smallest absolute Gasteiger partial charge is 0.324 e. The second-order valence-electron chi connectivity index (χ2n) is 17.9. The van der Waals surface area contributed by atoms with Gasteiger partial charge in [-0.2, -0.15) is 0 Å². The number of carbonyl (C=O) groups excluding carboxylic acids is 3. The van der Waals surface area contributed by atoms with Crippen LogP contribution in [0.3, 0.4) is 0 Å². The molecule has 7 heterocycles. The van der Waals surface area contributed by atoms with Gasteiger partial charge < -0.3 is 29.0 Å². The number of fused-ring (bicyclic) bond motifs is 8. The average molecular weight is 865 g/mol. The molecule has 3 saturated heterocycles. The largest absolute Gasteiger partial charge is 0.464 e. The van der Waals surface area contributed by atoms with E-state index in [0.29, 0.717) is 60.8 Å². The summed E-state index contributed by atoms with van der Waals surface area (Å²) in [6.45, 7) is 10.9. The lowest BCUT2D eigenvalue weighted by molar-refractivity contribution is -0.160. The highest BCUT2D eigenvalue weighted by molar-refractivity contribution is 7.10. The summed E-state index contributed by atoms with van der Waals surface area (Å²) in [5.74, 6) is -0.142. The van der Waals surface area contributed by atoms with E-state index in [1.54, 1.807) is 30.6 Å². The number of rotatable bonds is 8. The predicted molar refractivity (Wildman–Crippen MR) is 232 cm³/mol. The standard InChI is InChI=1S/C44H54N7O6SSi2/c1-7-49-32-13-12-25-16-28(32)29(36(49)27-10-8-14-45-35(27)24(2)56-6)17-43(3,4)23-57-40(52)30-11-9-15-51(48-30)41(53)44(18-34-46-31(25)21-58-34)38(37-39(44)60-37)47-42(54)50-19-26(22-59)33(50)20-55-5/h8,10,12-14,16,21,24,26,30,33,37-39,48H,7,9,11,15,17-20,22-23H2,1-6H3,(H,47,54)/t24-,26+,30-,33+,37+,38?,39?,44?/m0/s1. The highest BCUT2D eigenvalue weighted by atomic mass is 32.1. The van der Waals surface area contributed by atoms with E-state index in [4.69, 9.17) is 24.2 Å². The van der Waals surface area contributed by atoms with Gasteiger partial charge in [0.2, 0.25) is 5.91 Å². The summed E-state index contributed by atoms with van der Waals surface area (Å²) in [4.78, 5) is 55.0. The summed E-state index contributed by atoms with van der Waals surface area (Å²) in [7, 11) is 7.58. The van der Waals surface area contributed by atoms with Crippen molar-refractivity contribution in [2.75, 3.05) is 40.5 Å². The van der Waals surface area contributed by atoms with E-state index >= 15 is 4.79 Å². The quantitative estimate of drug-likeness (QED) is 0.171. The fraction of sp³-hybridized carbons (Fsp3) is 0.568. The first-order valence-electron chi connectivity index (χ1n) is 21.2. The Morgan fingerprint density at radius 2 is 2.05 bits per heavy atom. The van der Waals surface area contributed by atoms with Crippen molar-refractivity contribution < 1.29 is 28.6 Å². The number of nitrogens with one attached hydrogen (secondary N) is 2. The first kappa shape index (κ1) is 41.4. The molecule has 315 valence electrons. The van der Waals surface area contributed by atoms with Crippen LogP contribution in [0.15, 0.2) is 41.9 Å². The average Bonchev–Trinajstić information content (AvgIpc) is 3.70. The number of amides is 3. The molecule has 8 atom stereocenters. The number of aromatic nitrogens is 3. The highest BCUT2D eigenvalue weighted by Gasteiger charge is 2.76. The Balaban J connectivity index is 1.14. The van der Waals surface area contributed by atoms with Gasteiger partial charge in [-0.3, -0.25) is 19.6 Å². The Hall–Kier alpha value is -3.94. The zero-order valence-electron chi connectivity index (χ0n) is 35.2. The molecule has 4 fully saturated rings. The maximum Gasteiger partial charge on any atom is 0.324 e. The van der Waals surface area contributed by atoms with Gasteiger partial charge in [-0.25, -0.2) is 15.2 Å². The molecule has 16 heteroatoms. The maximum atomic E-state index is 15.1. The van der Waals surface area contributed by atoms with Crippen LogP contribution >= 0.6 is 11.3 Å². The number of likely N-dealkylation sites (tertiary alicyclic amines) is 1. The Morgan fingerprint density at radius 3 is 2.82 bits per heavy atom. The van der Waals surface area contributed by atoms with Gasteiger partial charge in [0.25, 0.3) is 0 Å². The molecule has 4 aliphatic heterocycles. The minimum atomic E-state index is -0.901. The lowest BCUT2D eigenvalue weighted by atomic mass is 9.61. The lowest BCUT2D eigenvalue weighted by Gasteiger charge is -2.53. The Labute approximate surface area is 361 Å². The molecule has 5 aliphatic rings. The molecule has 60 heavy (non-hydrogen) atoms. The van der Waals surface area contributed by atoms with Crippen molar-refractivity contribution >= 4 is 59.9 Å². The number of esters is 1. The molecule has 3 unspecified atom stereocenters. The number of thiazole rings is 1. The minimum Gasteiger partial charge on any atom is -0.464 e. The number of urea groups is 1. The van der Waals surface area contributed by atoms with E-state index in [1.807, 2.05) is 24.1 Å². The van der Waals surface area contributed by atoms with Crippen molar-refractivity contribution in [3.8, 4) is 22.5 Å². The number of nitrogens with zero attached hydrogens (tertiary/aromatic N) is 5. The molecule has 9 rings (SSSR count). The molecule has 13 nitrogen and oxygen atoms in total. The van der Waals surface area contributed by atoms with Crippen LogP contribution in [0.2, 0.25) is 17.1 Å². The number of ether oxygens (including phenoxy) is 3. The molecule has 1 spiro atoms. The third-order valence-corrected chi connectivity index (χ3v) is 16.9. The summed E-state index contributed by atoms with van der Waals surface area (Å²) in [5, 5.41) is 9.08. The normalized spacial score (nSPS) is 29.0. The van der Waals surface area contributed by atoms with Crippen LogP contribution in [-0.4, -0.2) is 121 Å². The monoisotopic (exact) mass is 864 g/mol. The number of aryl methyl sites for hydroxylation is 1. The topological polar surface area (TPSA) is 140 Å². The third-order valence-electron chi connectivity index (χ3n) is 13.6. The van der Waals surface area contributed by atoms with Crippen LogP contribution < -0.4 is 10.7 Å². The Bertz CT molecular complexity index is 2320. The molecule has 3 amide bonds. The molecule has 5 radical (unpaired) electrons. The molecule has 1 saturated carbocycles. The van der Waals surface area contributed by atoms with Crippen molar-refractivity contribution in [1.82, 2.24) is 35.2 Å². The molecule has 1 aliphatic carbocycles. The molecule has 4 aromatic rings. The zero-order chi connectivity index (χ0) is 42.1. The van der Waals surface area contributed by atoms with Crippen molar-refractivity contribution in [3.05, 3.63) is 58.2 Å². The summed E-state index contributed by atoms with van der Waals surface area (Å²) < 4.78 is 19.9. The number of methoxy groups -OCH3 is 2. The molecular formula is C44H54N7O6SSi2. The summed E-state index contributed by atoms with van der Waals surface area (Å²) >= 11 is 1.57. The van der Waals surface area contributed by atoms with E-state index in [2.05, 4.69) is 76.0 Å². The highest BCUT2D eigenvalue weighted by Crippen LogP contribution is 2.72. The van der Waals surface area contributed by atoms with E-state index in [-0.39, 0.29) is 53.8 Å². The number of pyridine rings is 1. The number of carbonyl (C=O) groups is 3. The summed E-state index contributed by atoms with van der Waals surface area (Å²) in [6, 6.07) is 10.2. The molecule has 1 aromatic carbocycles. The van der Waals surface area contributed by atoms with Crippen molar-refractivity contribution in [2.45, 2.75) is 101 Å². The SMILES string of the molecule is CCn1c(-c2cccnc2[C@H](C)OC)c2c3cc(ccc31)-c1csc(n1)CC1(C(=O)N3CCC[C@H](N3)C(=O)OCC(C)(C)C2)C(NC(=O)N2C[C@H](C[Si])[C@H]2COC)[C@H]2[Si]C21. The van der Waals surface area contributed by atoms with Gasteiger partial charge in [-0.05, 0) is 79.9 Å². The number of hydrogen-bond donors (Lipinski definition) is 2. The number of hydrazine groups is 1. The Kier molecular flexibility index (Phi) is 11.1. The Morgan fingerprint density at radius 1 is 1.22 bits per heavy atom. The van der Waals surface area contributed by atoms with Crippen molar-refractivity contribution in [3.63, 3.8) is 0 Å². The lowest BCUT2D eigenvalue weighted by Crippen LogP contribution is -2.69. The van der Waals surface area contributed by atoms with E-state index in [9.17, 15) is 9.59 Å². The second kappa shape index (κ2) is 16.1. The summed E-state index contributed by atoms with van der Waals surface area (Å²) in [5.41, 5.74) is 9.40. The van der Waals surface area contributed by atoms with E-state index < -0.39 is 16.9 Å². The molecule has 3 aromatic heterocycles. The van der Waals surface area contributed by atoms with Gasteiger partial charge in [-0.15, -0.1) is 11.3 Å². The molecule has 2 N–H and O–H groups in total. The first-order chi connectivity index (χ1) is 28.9. The fourth-order valence-electron chi connectivity index (χ4n) is 10.2. The predicted octanol–water partition coefficient (Wildman–Crippen LogP) is 5.62. The van der Waals surface area contributed by atoms with Crippen molar-refractivity contribution in [2.24, 2.45) is 16.7 Å². The van der Waals surface area contributed by atoms with Crippen LogP contribution in [0.25, 0.3) is 33.4 Å². The zero-order valence-corrected chi connectivity index (χ0v) is 38.1. The van der Waals surface area contributed by atoms with Crippen molar-refractivity contribution in [1.29, 1.82) is 0 Å². The van der Waals surface area contributed by atoms with Gasteiger partial charge in [-0.1, -0.05) is 26.0 Å². The van der Waals surface area contributed by atoms with Crippen LogP contribution in [0.5, 0.6) is 0 Å². The van der Waals surface area contributed by atoms with Gasteiger partial charge >= 0.3 is 12.0 Å². The van der Waals surface area contributed by atoms with Gasteiger partial charge in [0.05, 0.1) is 52.9 Å². The maximum absolute atomic E-state index is 15.1. The van der Waals surface area contributed by atoms with Gasteiger partial charge in [0, 0.05) is 105 Å². The van der Waals surface area contributed by atoms with Crippen LogP contribution in [0.4, 0.5) is 4.79 Å². The number of hydrogen-bond acceptors (Lipinski definition) is 10. The third kappa shape index (κ3) is 6.94. The van der Waals surface area contributed by atoms with Gasteiger partial charge in [0.1, 0.15) is 6.04 Å². The van der Waals surface area contributed by atoms with Gasteiger partial charge in [0.15, 0.2) is 0 Å². The molecule has 6 bridgehead atoms. The number of benzene rings is 1. The fourth-order valence-corrected chi connectivity index (χ4v) is 13.6. The summed E-state index contributed by atoms with van der Waals surface area (Å²) in [6.07, 6.45) is 3.83. The van der Waals surface area contributed by atoms with Crippen LogP contribution in [0, 0.1) is 16.7 Å².